The molecule has 1 unspecified atom stereocenters. The Morgan fingerprint density at radius 2 is 2.11 bits per heavy atom. The van der Waals surface area contributed by atoms with Crippen LogP contribution in [0.1, 0.15) is 6.92 Å². The van der Waals surface area contributed by atoms with E-state index in [0.717, 1.165) is 0 Å². The fourth-order valence-corrected chi connectivity index (χ4v) is 1.53. The van der Waals surface area contributed by atoms with Gasteiger partial charge in [-0.15, -0.1) is 0 Å². The van der Waals surface area contributed by atoms with Crippen molar-refractivity contribution >= 4 is 12.0 Å². The molecule has 0 aliphatic carbocycles. The molecule has 0 saturated carbocycles. The van der Waals surface area contributed by atoms with Crippen molar-refractivity contribution in [2.24, 2.45) is 13.0 Å². The van der Waals surface area contributed by atoms with Crippen molar-refractivity contribution in [2.75, 3.05) is 20.7 Å². The van der Waals surface area contributed by atoms with E-state index in [1.807, 2.05) is 7.05 Å². The minimum Gasteiger partial charge on any atom is -1.00 e. The quantitative estimate of drug-likeness (QED) is 0.326. The molecular weight excluding hydrogens is 349 g/mol. The maximum absolute atomic E-state index is 11.9. The normalized spacial score (nSPS) is 11.3. The summed E-state index contributed by atoms with van der Waals surface area (Å²) in [5, 5.41) is 0. The molecule has 1 amide bonds. The molecular formula is C11H18IN3O3. The van der Waals surface area contributed by atoms with Gasteiger partial charge in [0.25, 0.3) is 6.33 Å². The lowest BCUT2D eigenvalue weighted by Gasteiger charge is -2.17. The molecule has 0 radical (unpaired) electrons. The van der Waals surface area contributed by atoms with Crippen LogP contribution < -0.4 is 28.5 Å². The van der Waals surface area contributed by atoms with E-state index in [2.05, 4.69) is 4.74 Å². The third-order valence-electron chi connectivity index (χ3n) is 2.47. The van der Waals surface area contributed by atoms with Crippen molar-refractivity contribution in [2.45, 2.75) is 6.92 Å². The van der Waals surface area contributed by atoms with E-state index in [0.29, 0.717) is 6.54 Å². The molecule has 0 aromatic carbocycles. The SMILES string of the molecule is COC(=O)C(C)CN(C)C(=O)n1cc[n+](C)c1.[I-]. The van der Waals surface area contributed by atoms with Gasteiger partial charge in [0.05, 0.1) is 20.1 Å². The van der Waals surface area contributed by atoms with Gasteiger partial charge in [-0.3, -0.25) is 4.79 Å². The second-order valence-electron chi connectivity index (χ2n) is 4.07. The van der Waals surface area contributed by atoms with Gasteiger partial charge in [-0.2, -0.15) is 4.57 Å². The summed E-state index contributed by atoms with van der Waals surface area (Å²) in [5.41, 5.74) is 0. The smallest absolute Gasteiger partial charge is 0.415 e. The van der Waals surface area contributed by atoms with Crippen molar-refractivity contribution < 1.29 is 42.9 Å². The van der Waals surface area contributed by atoms with Crippen LogP contribution in [0.25, 0.3) is 0 Å². The molecule has 0 aliphatic heterocycles. The number of aromatic nitrogens is 2. The Kier molecular flexibility index (Phi) is 6.89. The van der Waals surface area contributed by atoms with E-state index < -0.39 is 0 Å². The van der Waals surface area contributed by atoms with Gasteiger partial charge in [0, 0.05) is 13.6 Å². The van der Waals surface area contributed by atoms with Crippen molar-refractivity contribution in [1.82, 2.24) is 9.47 Å². The van der Waals surface area contributed by atoms with Crippen molar-refractivity contribution in [3.8, 4) is 0 Å². The topological polar surface area (TPSA) is 55.4 Å². The number of imidazole rings is 1. The first kappa shape index (κ1) is 16.9. The van der Waals surface area contributed by atoms with Crippen LogP contribution in [0.4, 0.5) is 4.79 Å². The molecule has 1 rings (SSSR count). The number of halogens is 1. The Labute approximate surface area is 124 Å². The van der Waals surface area contributed by atoms with E-state index in [9.17, 15) is 9.59 Å². The summed E-state index contributed by atoms with van der Waals surface area (Å²) in [6, 6.07) is -0.179. The Bertz CT molecular complexity index is 419. The number of esters is 1. The number of carbonyl (C=O) groups excluding carboxylic acids is 2. The summed E-state index contributed by atoms with van der Waals surface area (Å²) in [4.78, 5) is 24.7. The third-order valence-corrected chi connectivity index (χ3v) is 2.47. The molecule has 1 heterocycles. The summed E-state index contributed by atoms with van der Waals surface area (Å²) in [6.07, 6.45) is 5.11. The molecule has 0 bridgehead atoms. The van der Waals surface area contributed by atoms with Gasteiger partial charge < -0.3 is 33.6 Å². The number of hydrogen-bond acceptors (Lipinski definition) is 3. The van der Waals surface area contributed by atoms with Gasteiger partial charge in [-0.25, -0.2) is 9.36 Å². The average Bonchev–Trinajstić information content (AvgIpc) is 2.73. The molecule has 18 heavy (non-hydrogen) atoms. The van der Waals surface area contributed by atoms with Gasteiger partial charge in [0.1, 0.15) is 12.4 Å². The van der Waals surface area contributed by atoms with E-state index in [-0.39, 0.29) is 41.9 Å². The van der Waals surface area contributed by atoms with Crippen LogP contribution in [-0.4, -0.2) is 42.2 Å². The summed E-state index contributed by atoms with van der Waals surface area (Å²) in [6.45, 7) is 2.05. The van der Waals surface area contributed by atoms with Crippen LogP contribution in [0.3, 0.4) is 0 Å². The largest absolute Gasteiger partial charge is 1.00 e. The monoisotopic (exact) mass is 367 g/mol. The van der Waals surface area contributed by atoms with Crippen LogP contribution in [0.5, 0.6) is 0 Å². The number of carbonyl (C=O) groups is 2. The average molecular weight is 367 g/mol. The lowest BCUT2D eigenvalue weighted by atomic mass is 10.2. The molecule has 0 fully saturated rings. The van der Waals surface area contributed by atoms with Crippen LogP contribution >= 0.6 is 0 Å². The number of amides is 1. The third kappa shape index (κ3) is 4.28. The second kappa shape index (κ2) is 7.34. The van der Waals surface area contributed by atoms with Crippen molar-refractivity contribution in [3.63, 3.8) is 0 Å². The van der Waals surface area contributed by atoms with E-state index in [1.165, 1.54) is 16.6 Å². The highest BCUT2D eigenvalue weighted by atomic mass is 127. The van der Waals surface area contributed by atoms with Crippen molar-refractivity contribution in [1.29, 1.82) is 0 Å². The van der Waals surface area contributed by atoms with Crippen LogP contribution in [-0.2, 0) is 16.6 Å². The predicted octanol–water partition coefficient (Wildman–Crippen LogP) is -2.97. The molecule has 0 N–H and O–H groups in total. The fourth-order valence-electron chi connectivity index (χ4n) is 1.53. The summed E-state index contributed by atoms with van der Waals surface area (Å²) >= 11 is 0. The minimum absolute atomic E-state index is 0. The number of ether oxygens (including phenoxy) is 1. The molecule has 1 atom stereocenters. The van der Waals surface area contributed by atoms with E-state index in [4.69, 9.17) is 0 Å². The summed E-state index contributed by atoms with van der Waals surface area (Å²) in [5.74, 6) is -0.652. The van der Waals surface area contributed by atoms with E-state index >= 15 is 0 Å². The zero-order valence-electron chi connectivity index (χ0n) is 11.0. The first-order valence-electron chi connectivity index (χ1n) is 5.32. The number of rotatable bonds is 3. The molecule has 0 spiro atoms. The first-order valence-corrected chi connectivity index (χ1v) is 5.32. The Morgan fingerprint density at radius 1 is 1.50 bits per heavy atom. The van der Waals surface area contributed by atoms with Gasteiger partial charge in [0.2, 0.25) is 0 Å². The lowest BCUT2D eigenvalue weighted by molar-refractivity contribution is -0.670. The molecule has 7 heteroatoms. The van der Waals surface area contributed by atoms with Gasteiger partial charge in [0.15, 0.2) is 0 Å². The Balaban J connectivity index is 0.00000289. The first-order chi connectivity index (χ1) is 7.95. The second-order valence-corrected chi connectivity index (χ2v) is 4.07. The van der Waals surface area contributed by atoms with E-state index in [1.54, 1.807) is 37.3 Å². The molecule has 6 nitrogen and oxygen atoms in total. The standard InChI is InChI=1S/C11H18N3O3.HI/c1-9(10(15)17-4)7-13(3)11(16)14-6-5-12(2)8-14;/h5-6,8-9H,7H2,1-4H3;1H/q+1;/p-1. The maximum Gasteiger partial charge on any atom is 0.415 e. The lowest BCUT2D eigenvalue weighted by Crippen LogP contribution is -3.00. The molecule has 1 aromatic rings. The fraction of sp³-hybridized carbons (Fsp3) is 0.545. The molecule has 0 aliphatic rings. The molecule has 0 saturated heterocycles. The number of methoxy groups -OCH3 is 1. The van der Waals surface area contributed by atoms with Gasteiger partial charge in [-0.1, -0.05) is 6.92 Å². The van der Waals surface area contributed by atoms with Gasteiger partial charge in [-0.05, 0) is 0 Å². The number of hydrogen-bond donors (Lipinski definition) is 0. The highest BCUT2D eigenvalue weighted by Crippen LogP contribution is 2.02. The molecule has 102 valence electrons. The van der Waals surface area contributed by atoms with Crippen molar-refractivity contribution in [3.05, 3.63) is 18.7 Å². The predicted molar refractivity (Wildman–Crippen MR) is 60.2 cm³/mol. The zero-order chi connectivity index (χ0) is 13.0. The van der Waals surface area contributed by atoms with Crippen LogP contribution in [0, 0.1) is 5.92 Å². The Morgan fingerprint density at radius 3 is 2.56 bits per heavy atom. The number of aryl methyl sites for hydroxylation is 1. The Hall–Kier alpha value is -1.12. The zero-order valence-corrected chi connectivity index (χ0v) is 13.1. The minimum atomic E-state index is -0.335. The van der Waals surface area contributed by atoms with Crippen LogP contribution in [0.15, 0.2) is 18.7 Å². The van der Waals surface area contributed by atoms with Gasteiger partial charge >= 0.3 is 12.0 Å². The maximum atomic E-state index is 11.9. The number of nitrogens with zero attached hydrogens (tertiary/aromatic N) is 3. The van der Waals surface area contributed by atoms with Crippen LogP contribution in [0.2, 0.25) is 0 Å². The highest BCUT2D eigenvalue weighted by molar-refractivity contribution is 5.77. The molecule has 1 aromatic heterocycles. The summed E-state index contributed by atoms with van der Waals surface area (Å²) in [7, 11) is 4.83. The highest BCUT2D eigenvalue weighted by Gasteiger charge is 2.22. The summed E-state index contributed by atoms with van der Waals surface area (Å²) < 4.78 is 7.85.